The predicted octanol–water partition coefficient (Wildman–Crippen LogP) is 2.34. The van der Waals surface area contributed by atoms with Crippen LogP contribution in [0.2, 0.25) is 0 Å². The van der Waals surface area contributed by atoms with Crippen LogP contribution in [0.3, 0.4) is 0 Å². The number of thiophene rings is 1. The molecule has 0 spiro atoms. The Bertz CT molecular complexity index is 494. The highest BCUT2D eigenvalue weighted by molar-refractivity contribution is 7.89. The van der Waals surface area contributed by atoms with Crippen LogP contribution in [0.25, 0.3) is 0 Å². The maximum absolute atomic E-state index is 12.5. The van der Waals surface area contributed by atoms with Crippen LogP contribution in [0.15, 0.2) is 16.3 Å². The Balaban J connectivity index is 2.79. The molecule has 0 saturated heterocycles. The molecule has 0 amide bonds. The minimum atomic E-state index is -3.49. The van der Waals surface area contributed by atoms with Crippen LogP contribution in [0.5, 0.6) is 0 Å². The van der Waals surface area contributed by atoms with Crippen molar-refractivity contribution in [1.29, 1.82) is 0 Å². The van der Waals surface area contributed by atoms with Gasteiger partial charge >= 0.3 is 0 Å². The lowest BCUT2D eigenvalue weighted by molar-refractivity contribution is 0.171. The first-order valence-electron chi connectivity index (χ1n) is 7.33. The fraction of sp³-hybridized carbons (Fsp3) is 0.714. The van der Waals surface area contributed by atoms with Crippen molar-refractivity contribution in [2.75, 3.05) is 20.3 Å². The van der Waals surface area contributed by atoms with Gasteiger partial charge in [0.15, 0.2) is 0 Å². The van der Waals surface area contributed by atoms with Crippen LogP contribution < -0.4 is 10.0 Å². The van der Waals surface area contributed by atoms with Gasteiger partial charge in [-0.1, -0.05) is 20.3 Å². The van der Waals surface area contributed by atoms with Crippen LogP contribution in [0.1, 0.15) is 38.0 Å². The largest absolute Gasteiger partial charge is 0.383 e. The van der Waals surface area contributed by atoms with E-state index in [0.29, 0.717) is 18.0 Å². The molecule has 0 aromatic carbocycles. The van der Waals surface area contributed by atoms with Gasteiger partial charge in [-0.3, -0.25) is 0 Å². The molecular weight excluding hydrogens is 308 g/mol. The molecule has 7 heteroatoms. The molecule has 1 unspecified atom stereocenters. The van der Waals surface area contributed by atoms with E-state index in [1.54, 1.807) is 13.2 Å². The molecule has 0 saturated carbocycles. The Morgan fingerprint density at radius 1 is 1.33 bits per heavy atom. The molecule has 1 aromatic rings. The zero-order chi connectivity index (χ0) is 15.7. The predicted molar refractivity (Wildman–Crippen MR) is 87.2 cm³/mol. The number of hydrogen-bond donors (Lipinski definition) is 2. The molecule has 0 fully saturated rings. The summed E-state index contributed by atoms with van der Waals surface area (Å²) in [5, 5.41) is 5.07. The van der Waals surface area contributed by atoms with Crippen LogP contribution in [-0.4, -0.2) is 34.7 Å². The number of ether oxygens (including phenoxy) is 1. The minimum Gasteiger partial charge on any atom is -0.383 e. The van der Waals surface area contributed by atoms with Crippen LogP contribution in [0, 0.1) is 0 Å². The Kier molecular flexibility index (Phi) is 8.43. The Morgan fingerprint density at radius 3 is 2.71 bits per heavy atom. The summed E-state index contributed by atoms with van der Waals surface area (Å²) in [6.45, 7) is 5.97. The van der Waals surface area contributed by atoms with Crippen LogP contribution >= 0.6 is 11.3 Å². The standard InChI is InChI=1S/C14H26N2O3S2/c1-4-6-12(11-19-3)16-21(17,18)14-7-9-20-13(14)10-15-8-5-2/h7,9,12,15-16H,4-6,8,10-11H2,1-3H3. The average molecular weight is 335 g/mol. The van der Waals surface area contributed by atoms with Gasteiger partial charge in [-0.25, -0.2) is 13.1 Å². The topological polar surface area (TPSA) is 67.4 Å². The van der Waals surface area contributed by atoms with Gasteiger partial charge in [0.25, 0.3) is 0 Å². The van der Waals surface area contributed by atoms with Crippen molar-refractivity contribution < 1.29 is 13.2 Å². The summed E-state index contributed by atoms with van der Waals surface area (Å²) in [7, 11) is -1.90. The molecule has 122 valence electrons. The van der Waals surface area contributed by atoms with Gasteiger partial charge in [0, 0.05) is 24.6 Å². The fourth-order valence-corrected chi connectivity index (χ4v) is 4.75. The molecule has 1 aromatic heterocycles. The fourth-order valence-electron chi connectivity index (χ4n) is 2.08. The molecule has 21 heavy (non-hydrogen) atoms. The highest BCUT2D eigenvalue weighted by atomic mass is 32.2. The van der Waals surface area contributed by atoms with E-state index in [4.69, 9.17) is 4.74 Å². The molecule has 1 atom stereocenters. The normalized spacial score (nSPS) is 13.5. The van der Waals surface area contributed by atoms with Crippen molar-refractivity contribution in [3.05, 3.63) is 16.3 Å². The highest BCUT2D eigenvalue weighted by Crippen LogP contribution is 2.22. The molecule has 1 heterocycles. The lowest BCUT2D eigenvalue weighted by Crippen LogP contribution is -2.38. The quantitative estimate of drug-likeness (QED) is 0.610. The molecule has 0 radical (unpaired) electrons. The van der Waals surface area contributed by atoms with Crippen LogP contribution in [-0.2, 0) is 21.3 Å². The second kappa shape index (κ2) is 9.53. The van der Waals surface area contributed by atoms with Crippen LogP contribution in [0.4, 0.5) is 0 Å². The van der Waals surface area contributed by atoms with E-state index in [0.717, 1.165) is 30.7 Å². The van der Waals surface area contributed by atoms with Crippen molar-refractivity contribution in [2.24, 2.45) is 0 Å². The third-order valence-electron chi connectivity index (χ3n) is 3.03. The molecule has 0 aliphatic rings. The van der Waals surface area contributed by atoms with Gasteiger partial charge in [-0.05, 0) is 30.8 Å². The third-order valence-corrected chi connectivity index (χ3v) is 5.69. The van der Waals surface area contributed by atoms with E-state index in [1.807, 2.05) is 12.3 Å². The van der Waals surface area contributed by atoms with Crippen molar-refractivity contribution in [3.63, 3.8) is 0 Å². The molecule has 5 nitrogen and oxygen atoms in total. The van der Waals surface area contributed by atoms with Crippen molar-refractivity contribution in [3.8, 4) is 0 Å². The van der Waals surface area contributed by atoms with Gasteiger partial charge in [0.05, 0.1) is 11.5 Å². The Morgan fingerprint density at radius 2 is 2.10 bits per heavy atom. The summed E-state index contributed by atoms with van der Waals surface area (Å²) in [5.74, 6) is 0. The molecule has 0 aliphatic heterocycles. The first-order chi connectivity index (χ1) is 10.0. The average Bonchev–Trinajstić information content (AvgIpc) is 2.88. The van der Waals surface area contributed by atoms with Gasteiger partial charge in [0.2, 0.25) is 10.0 Å². The van der Waals surface area contributed by atoms with Crippen molar-refractivity contribution >= 4 is 21.4 Å². The Labute approximate surface area is 132 Å². The second-order valence-corrected chi connectivity index (χ2v) is 7.63. The smallest absolute Gasteiger partial charge is 0.242 e. The summed E-state index contributed by atoms with van der Waals surface area (Å²) in [6.07, 6.45) is 2.70. The van der Waals surface area contributed by atoms with Gasteiger partial charge in [-0.2, -0.15) is 0 Å². The summed E-state index contributed by atoms with van der Waals surface area (Å²) in [4.78, 5) is 1.23. The minimum absolute atomic E-state index is 0.179. The first kappa shape index (κ1) is 18.6. The van der Waals surface area contributed by atoms with Crippen molar-refractivity contribution in [2.45, 2.75) is 50.6 Å². The summed E-state index contributed by atoms with van der Waals surface area (Å²) in [5.41, 5.74) is 0. The van der Waals surface area contributed by atoms with E-state index in [9.17, 15) is 8.42 Å². The Hall–Kier alpha value is -0.470. The molecular formula is C14H26N2O3S2. The molecule has 0 bridgehead atoms. The second-order valence-electron chi connectivity index (χ2n) is 4.95. The monoisotopic (exact) mass is 334 g/mol. The number of rotatable bonds is 11. The number of nitrogens with one attached hydrogen (secondary N) is 2. The van der Waals surface area contributed by atoms with Gasteiger partial charge < -0.3 is 10.1 Å². The van der Waals surface area contributed by atoms with Gasteiger partial charge in [-0.15, -0.1) is 11.3 Å². The molecule has 1 rings (SSSR count). The number of methoxy groups -OCH3 is 1. The summed E-state index contributed by atoms with van der Waals surface area (Å²) < 4.78 is 32.9. The number of sulfonamides is 1. The third kappa shape index (κ3) is 6.04. The zero-order valence-corrected chi connectivity index (χ0v) is 14.6. The lowest BCUT2D eigenvalue weighted by atomic mass is 10.2. The first-order valence-corrected chi connectivity index (χ1v) is 9.69. The van der Waals surface area contributed by atoms with E-state index in [2.05, 4.69) is 17.0 Å². The summed E-state index contributed by atoms with van der Waals surface area (Å²) >= 11 is 1.47. The molecule has 0 aliphatic carbocycles. The lowest BCUT2D eigenvalue weighted by Gasteiger charge is -2.17. The SMILES string of the molecule is CCCNCc1sccc1S(=O)(=O)NC(CCC)COC. The van der Waals surface area contributed by atoms with E-state index < -0.39 is 10.0 Å². The van der Waals surface area contributed by atoms with E-state index in [1.165, 1.54) is 11.3 Å². The maximum Gasteiger partial charge on any atom is 0.242 e. The van der Waals surface area contributed by atoms with Crippen molar-refractivity contribution in [1.82, 2.24) is 10.0 Å². The van der Waals surface area contributed by atoms with Gasteiger partial charge in [0.1, 0.15) is 0 Å². The van der Waals surface area contributed by atoms with E-state index >= 15 is 0 Å². The highest BCUT2D eigenvalue weighted by Gasteiger charge is 2.23. The zero-order valence-electron chi connectivity index (χ0n) is 13.0. The van der Waals surface area contributed by atoms with E-state index in [-0.39, 0.29) is 6.04 Å². The maximum atomic E-state index is 12.5. The number of hydrogen-bond acceptors (Lipinski definition) is 5. The summed E-state index contributed by atoms with van der Waals surface area (Å²) in [6, 6.07) is 1.49. The molecule has 2 N–H and O–H groups in total.